The van der Waals surface area contributed by atoms with E-state index in [4.69, 9.17) is 9.72 Å². The Bertz CT molecular complexity index is 1250. The summed E-state index contributed by atoms with van der Waals surface area (Å²) in [6, 6.07) is 14.2. The van der Waals surface area contributed by atoms with Gasteiger partial charge in [0.1, 0.15) is 5.75 Å². The molecule has 34 heavy (non-hydrogen) atoms. The average molecular weight is 458 g/mol. The Kier molecular flexibility index (Phi) is 6.60. The van der Waals surface area contributed by atoms with Crippen LogP contribution in [-0.4, -0.2) is 50.8 Å². The molecule has 0 bridgehead atoms. The van der Waals surface area contributed by atoms with E-state index in [0.29, 0.717) is 18.8 Å². The van der Waals surface area contributed by atoms with Crippen LogP contribution in [-0.2, 0) is 17.8 Å². The van der Waals surface area contributed by atoms with Gasteiger partial charge in [0.25, 0.3) is 0 Å². The summed E-state index contributed by atoms with van der Waals surface area (Å²) in [4.78, 5) is 19.8. The molecule has 1 aliphatic heterocycles. The van der Waals surface area contributed by atoms with Crippen LogP contribution in [0.2, 0.25) is 0 Å². The molecule has 0 saturated carbocycles. The van der Waals surface area contributed by atoms with E-state index in [9.17, 15) is 4.79 Å². The molecule has 176 valence electrons. The van der Waals surface area contributed by atoms with E-state index in [2.05, 4.69) is 44.1 Å². The standard InChI is InChI=1S/C27H31N5O2/c1-34-26-7-3-2-6-21(26)8-11-27(33)31-14-4-5-20(12-15-31)19-32-16-13-24-25(32)10-9-23(30-24)22-17-28-29-18-22/h2-3,6-7,9-10,13,16-18,20H,4-5,8,11-12,14-15,19H2,1H3,(H,28,29). The fourth-order valence-corrected chi connectivity index (χ4v) is 4.97. The van der Waals surface area contributed by atoms with E-state index >= 15 is 0 Å². The Morgan fingerprint density at radius 1 is 1.15 bits per heavy atom. The Balaban J connectivity index is 1.18. The summed E-state index contributed by atoms with van der Waals surface area (Å²) in [5, 5.41) is 6.86. The number of hydrogen-bond donors (Lipinski definition) is 1. The summed E-state index contributed by atoms with van der Waals surface area (Å²) in [5.41, 5.74) is 5.17. The number of nitrogens with zero attached hydrogens (tertiary/aromatic N) is 4. The number of amides is 1. The van der Waals surface area contributed by atoms with Crippen LogP contribution in [0.5, 0.6) is 5.75 Å². The minimum atomic E-state index is 0.244. The zero-order valence-corrected chi connectivity index (χ0v) is 19.6. The topological polar surface area (TPSA) is 76.0 Å². The third-order valence-electron chi connectivity index (χ3n) is 6.87. The van der Waals surface area contributed by atoms with Crippen molar-refractivity contribution in [3.63, 3.8) is 0 Å². The molecular weight excluding hydrogens is 426 g/mol. The van der Waals surface area contributed by atoms with Crippen molar-refractivity contribution in [2.45, 2.75) is 38.6 Å². The van der Waals surface area contributed by atoms with Gasteiger partial charge in [-0.1, -0.05) is 18.2 Å². The van der Waals surface area contributed by atoms with Crippen molar-refractivity contribution in [3.05, 3.63) is 66.6 Å². The number of methoxy groups -OCH3 is 1. The fourth-order valence-electron chi connectivity index (χ4n) is 4.97. The van der Waals surface area contributed by atoms with Crippen LogP contribution in [0.3, 0.4) is 0 Å². The lowest BCUT2D eigenvalue weighted by Gasteiger charge is -2.21. The summed E-state index contributed by atoms with van der Waals surface area (Å²) in [6.45, 7) is 2.64. The van der Waals surface area contributed by atoms with Gasteiger partial charge in [-0.25, -0.2) is 4.98 Å². The van der Waals surface area contributed by atoms with Gasteiger partial charge in [0.05, 0.1) is 30.0 Å². The number of H-pyrrole nitrogens is 1. The lowest BCUT2D eigenvalue weighted by molar-refractivity contribution is -0.131. The van der Waals surface area contributed by atoms with Crippen molar-refractivity contribution >= 4 is 16.9 Å². The average Bonchev–Trinajstić information content (AvgIpc) is 3.48. The number of aromatic amines is 1. The van der Waals surface area contributed by atoms with Crippen molar-refractivity contribution in [1.82, 2.24) is 24.6 Å². The van der Waals surface area contributed by atoms with Crippen LogP contribution in [0.1, 0.15) is 31.2 Å². The van der Waals surface area contributed by atoms with E-state index in [1.807, 2.05) is 30.5 Å². The number of carbonyl (C=O) groups excluding carboxylic acids is 1. The molecule has 7 heteroatoms. The molecule has 1 unspecified atom stereocenters. The van der Waals surface area contributed by atoms with Crippen LogP contribution in [0.25, 0.3) is 22.3 Å². The third-order valence-corrected chi connectivity index (χ3v) is 6.87. The highest BCUT2D eigenvalue weighted by Crippen LogP contribution is 2.25. The first-order chi connectivity index (χ1) is 16.7. The third kappa shape index (κ3) is 4.83. The predicted octanol–water partition coefficient (Wildman–Crippen LogP) is 4.70. The summed E-state index contributed by atoms with van der Waals surface area (Å²) in [5.74, 6) is 1.65. The van der Waals surface area contributed by atoms with E-state index in [-0.39, 0.29) is 5.91 Å². The van der Waals surface area contributed by atoms with Gasteiger partial charge in [-0.3, -0.25) is 9.89 Å². The maximum Gasteiger partial charge on any atom is 0.222 e. The van der Waals surface area contributed by atoms with Gasteiger partial charge in [0.2, 0.25) is 5.91 Å². The van der Waals surface area contributed by atoms with Crippen molar-refractivity contribution in [2.75, 3.05) is 20.2 Å². The highest BCUT2D eigenvalue weighted by molar-refractivity contribution is 5.79. The molecule has 4 heterocycles. The normalized spacial score (nSPS) is 16.5. The predicted molar refractivity (Wildman–Crippen MR) is 133 cm³/mol. The van der Waals surface area contributed by atoms with Gasteiger partial charge >= 0.3 is 0 Å². The molecule has 1 aliphatic rings. The number of aryl methyl sites for hydroxylation is 1. The SMILES string of the molecule is COc1ccccc1CCC(=O)N1CCCC(Cn2ccc3nc(-c4cn[nH]c4)ccc32)CC1. The summed E-state index contributed by atoms with van der Waals surface area (Å²) in [7, 11) is 1.68. The molecular formula is C27H31N5O2. The zero-order chi connectivity index (χ0) is 23.3. The molecule has 0 radical (unpaired) electrons. The number of hydrogen-bond acceptors (Lipinski definition) is 4. The summed E-state index contributed by atoms with van der Waals surface area (Å²) in [6.07, 6.45) is 10.2. The molecule has 4 aromatic rings. The quantitative estimate of drug-likeness (QED) is 0.437. The molecule has 7 nitrogen and oxygen atoms in total. The van der Waals surface area contributed by atoms with Crippen LogP contribution >= 0.6 is 0 Å². The fraction of sp³-hybridized carbons (Fsp3) is 0.370. The number of ether oxygens (including phenoxy) is 1. The number of nitrogens with one attached hydrogen (secondary N) is 1. The van der Waals surface area contributed by atoms with Gasteiger partial charge < -0.3 is 14.2 Å². The summed E-state index contributed by atoms with van der Waals surface area (Å²) >= 11 is 0. The van der Waals surface area contributed by atoms with Gasteiger partial charge in [0.15, 0.2) is 0 Å². The zero-order valence-electron chi connectivity index (χ0n) is 19.6. The van der Waals surface area contributed by atoms with Crippen LogP contribution in [0, 0.1) is 5.92 Å². The number of benzene rings is 1. The minimum Gasteiger partial charge on any atom is -0.496 e. The largest absolute Gasteiger partial charge is 0.496 e. The molecule has 5 rings (SSSR count). The first-order valence-corrected chi connectivity index (χ1v) is 12.1. The molecule has 1 amide bonds. The molecule has 3 aromatic heterocycles. The number of likely N-dealkylation sites (tertiary alicyclic amines) is 1. The maximum atomic E-state index is 12.9. The number of aromatic nitrogens is 4. The molecule has 1 aromatic carbocycles. The van der Waals surface area contributed by atoms with Crippen LogP contribution < -0.4 is 4.74 Å². The second-order valence-electron chi connectivity index (χ2n) is 9.05. The second-order valence-corrected chi connectivity index (χ2v) is 9.05. The van der Waals surface area contributed by atoms with E-state index in [1.165, 1.54) is 0 Å². The van der Waals surface area contributed by atoms with Gasteiger partial charge in [0, 0.05) is 44.0 Å². The minimum absolute atomic E-state index is 0.244. The Morgan fingerprint density at radius 3 is 2.91 bits per heavy atom. The Labute approximate surface area is 199 Å². The van der Waals surface area contributed by atoms with E-state index in [1.54, 1.807) is 13.3 Å². The van der Waals surface area contributed by atoms with E-state index < -0.39 is 0 Å². The lowest BCUT2D eigenvalue weighted by Crippen LogP contribution is -2.32. The monoisotopic (exact) mass is 457 g/mol. The first-order valence-electron chi connectivity index (χ1n) is 12.1. The van der Waals surface area contributed by atoms with Crippen LogP contribution in [0.15, 0.2) is 61.1 Å². The number of rotatable bonds is 7. The number of para-hydroxylation sites is 1. The molecule has 1 saturated heterocycles. The molecule has 0 aliphatic carbocycles. The van der Waals surface area contributed by atoms with Crippen molar-refractivity contribution < 1.29 is 9.53 Å². The number of carbonyl (C=O) groups is 1. The van der Waals surface area contributed by atoms with Gasteiger partial charge in [-0.05, 0) is 61.4 Å². The molecule has 0 spiro atoms. The van der Waals surface area contributed by atoms with Gasteiger partial charge in [-0.15, -0.1) is 0 Å². The molecule has 1 fully saturated rings. The maximum absolute atomic E-state index is 12.9. The van der Waals surface area contributed by atoms with Crippen molar-refractivity contribution in [1.29, 1.82) is 0 Å². The smallest absolute Gasteiger partial charge is 0.222 e. The van der Waals surface area contributed by atoms with Gasteiger partial charge in [-0.2, -0.15) is 5.10 Å². The lowest BCUT2D eigenvalue weighted by atomic mass is 10.0. The molecule has 1 N–H and O–H groups in total. The number of pyridine rings is 1. The second kappa shape index (κ2) is 10.1. The first kappa shape index (κ1) is 22.2. The number of fused-ring (bicyclic) bond motifs is 1. The van der Waals surface area contributed by atoms with Crippen molar-refractivity contribution in [2.24, 2.45) is 5.92 Å². The van der Waals surface area contributed by atoms with Crippen LogP contribution in [0.4, 0.5) is 0 Å². The Hall–Kier alpha value is -3.61. The van der Waals surface area contributed by atoms with E-state index in [0.717, 1.165) is 72.5 Å². The Morgan fingerprint density at radius 2 is 2.06 bits per heavy atom. The highest BCUT2D eigenvalue weighted by Gasteiger charge is 2.21. The van der Waals surface area contributed by atoms with Crippen molar-refractivity contribution in [3.8, 4) is 17.0 Å². The summed E-state index contributed by atoms with van der Waals surface area (Å²) < 4.78 is 7.74. The molecule has 1 atom stereocenters. The highest BCUT2D eigenvalue weighted by atomic mass is 16.5.